The number of hydrogen-bond acceptors (Lipinski definition) is 4. The summed E-state index contributed by atoms with van der Waals surface area (Å²) in [5.74, 6) is 0.855. The Hall–Kier alpha value is -0.620. The molecule has 0 amide bonds. The van der Waals surface area contributed by atoms with E-state index in [1.165, 1.54) is 19.3 Å². The minimum atomic E-state index is 0.0810. The van der Waals surface area contributed by atoms with Gasteiger partial charge in [0.1, 0.15) is 5.75 Å². The molecule has 1 saturated heterocycles. The molecule has 1 aromatic carbocycles. The van der Waals surface area contributed by atoms with Gasteiger partial charge < -0.3 is 10.5 Å². The quantitative estimate of drug-likeness (QED) is 0.851. The molecule has 0 aromatic heterocycles. The van der Waals surface area contributed by atoms with Crippen LogP contribution in [-0.4, -0.2) is 30.7 Å². The molecule has 1 aliphatic rings. The van der Waals surface area contributed by atoms with Crippen LogP contribution in [0.3, 0.4) is 0 Å². The fraction of sp³-hybridized carbons (Fsp3) is 0.625. The van der Waals surface area contributed by atoms with Crippen LogP contribution in [0.15, 0.2) is 22.7 Å². The summed E-state index contributed by atoms with van der Waals surface area (Å²) in [5.41, 5.74) is 10.8. The Balaban J connectivity index is 2.19. The Bertz CT molecular complexity index is 459. The lowest BCUT2D eigenvalue weighted by Gasteiger charge is -2.41. The first-order chi connectivity index (χ1) is 10.1. The maximum Gasteiger partial charge on any atom is 0.119 e. The number of methoxy groups -OCH3 is 1. The van der Waals surface area contributed by atoms with Gasteiger partial charge in [0.2, 0.25) is 0 Å². The first-order valence-corrected chi connectivity index (χ1v) is 8.44. The number of hydrazine groups is 1. The molecule has 0 saturated carbocycles. The van der Waals surface area contributed by atoms with Crippen molar-refractivity contribution in [3.63, 3.8) is 0 Å². The zero-order valence-electron chi connectivity index (χ0n) is 13.1. The number of piperidine rings is 1. The predicted octanol–water partition coefficient (Wildman–Crippen LogP) is 3.23. The summed E-state index contributed by atoms with van der Waals surface area (Å²) in [6.07, 6.45) is 3.76. The van der Waals surface area contributed by atoms with Crippen molar-refractivity contribution in [1.29, 1.82) is 0 Å². The van der Waals surface area contributed by atoms with Crippen LogP contribution in [-0.2, 0) is 0 Å². The molecule has 1 aliphatic heterocycles. The van der Waals surface area contributed by atoms with E-state index in [4.69, 9.17) is 10.5 Å². The maximum absolute atomic E-state index is 6.02. The number of halogens is 1. The number of nitrogens with zero attached hydrogens (tertiary/aromatic N) is 1. The summed E-state index contributed by atoms with van der Waals surface area (Å²) >= 11 is 3.63. The first kappa shape index (κ1) is 16.7. The number of hydrogen-bond donors (Lipinski definition) is 2. The highest BCUT2D eigenvalue weighted by Gasteiger charge is 2.27. The van der Waals surface area contributed by atoms with Gasteiger partial charge in [0.25, 0.3) is 0 Å². The Kier molecular flexibility index (Phi) is 6.05. The average Bonchev–Trinajstić information content (AvgIpc) is 2.48. The maximum atomic E-state index is 6.02. The second-order valence-corrected chi connectivity index (χ2v) is 6.70. The molecule has 118 valence electrons. The van der Waals surface area contributed by atoms with Crippen LogP contribution in [0.25, 0.3) is 0 Å². The molecule has 3 unspecified atom stereocenters. The highest BCUT2D eigenvalue weighted by atomic mass is 79.9. The predicted molar refractivity (Wildman–Crippen MR) is 90.2 cm³/mol. The molecule has 0 radical (unpaired) electrons. The molecule has 1 fully saturated rings. The lowest BCUT2D eigenvalue weighted by molar-refractivity contribution is 0.0303. The van der Waals surface area contributed by atoms with Crippen molar-refractivity contribution in [1.82, 2.24) is 10.4 Å². The molecule has 3 N–H and O–H groups in total. The lowest BCUT2D eigenvalue weighted by atomic mass is 9.99. The van der Waals surface area contributed by atoms with Crippen LogP contribution in [0.4, 0.5) is 0 Å². The fourth-order valence-electron chi connectivity index (χ4n) is 3.02. The van der Waals surface area contributed by atoms with Crippen LogP contribution < -0.4 is 15.9 Å². The van der Waals surface area contributed by atoms with E-state index in [0.717, 1.165) is 15.8 Å². The van der Waals surface area contributed by atoms with E-state index in [2.05, 4.69) is 40.2 Å². The van der Waals surface area contributed by atoms with Crippen LogP contribution in [0.2, 0.25) is 0 Å². The van der Waals surface area contributed by atoms with Gasteiger partial charge in [0.05, 0.1) is 13.2 Å². The smallest absolute Gasteiger partial charge is 0.119 e. The van der Waals surface area contributed by atoms with Crippen molar-refractivity contribution in [3.05, 3.63) is 28.2 Å². The molecule has 0 bridgehead atoms. The highest BCUT2D eigenvalue weighted by molar-refractivity contribution is 9.10. The van der Waals surface area contributed by atoms with Crippen LogP contribution in [0.5, 0.6) is 5.75 Å². The summed E-state index contributed by atoms with van der Waals surface area (Å²) in [4.78, 5) is 0. The van der Waals surface area contributed by atoms with E-state index in [1.54, 1.807) is 7.11 Å². The fourth-order valence-corrected chi connectivity index (χ4v) is 3.54. The topological polar surface area (TPSA) is 50.5 Å². The average molecular weight is 356 g/mol. The van der Waals surface area contributed by atoms with Gasteiger partial charge in [-0.05, 0) is 50.5 Å². The second-order valence-electron chi connectivity index (χ2n) is 5.84. The van der Waals surface area contributed by atoms with Crippen molar-refractivity contribution in [3.8, 4) is 5.75 Å². The number of rotatable bonds is 5. The number of nitrogens with two attached hydrogens (primary N) is 1. The Morgan fingerprint density at radius 3 is 2.62 bits per heavy atom. The third kappa shape index (κ3) is 3.97. The van der Waals surface area contributed by atoms with Gasteiger partial charge >= 0.3 is 0 Å². The Labute approximate surface area is 136 Å². The molecule has 21 heavy (non-hydrogen) atoms. The van der Waals surface area contributed by atoms with Crippen molar-refractivity contribution in [2.24, 2.45) is 5.73 Å². The van der Waals surface area contributed by atoms with E-state index in [-0.39, 0.29) is 6.04 Å². The van der Waals surface area contributed by atoms with Crippen molar-refractivity contribution in [2.75, 3.05) is 13.7 Å². The monoisotopic (exact) mass is 355 g/mol. The van der Waals surface area contributed by atoms with Gasteiger partial charge in [-0.15, -0.1) is 0 Å². The molecule has 2 rings (SSSR count). The molecule has 5 heteroatoms. The largest absolute Gasteiger partial charge is 0.497 e. The van der Waals surface area contributed by atoms with Gasteiger partial charge in [-0.2, -0.15) is 0 Å². The molecular weight excluding hydrogens is 330 g/mol. The normalized spacial score (nSPS) is 24.8. The number of benzene rings is 1. The lowest BCUT2D eigenvalue weighted by Crippen LogP contribution is -2.54. The highest BCUT2D eigenvalue weighted by Crippen LogP contribution is 2.29. The van der Waals surface area contributed by atoms with Gasteiger partial charge in [0.15, 0.2) is 0 Å². The molecule has 1 aromatic rings. The molecule has 4 nitrogen and oxygen atoms in total. The minimum Gasteiger partial charge on any atom is -0.497 e. The Morgan fingerprint density at radius 2 is 2.05 bits per heavy atom. The van der Waals surface area contributed by atoms with Crippen molar-refractivity contribution in [2.45, 2.75) is 51.2 Å². The van der Waals surface area contributed by atoms with E-state index in [0.29, 0.717) is 18.6 Å². The first-order valence-electron chi connectivity index (χ1n) is 7.64. The molecule has 0 aliphatic carbocycles. The van der Waals surface area contributed by atoms with E-state index >= 15 is 0 Å². The SMILES string of the molecule is COc1ccc(Br)c(C(CN)NN2C(C)CCCC2C)c1. The van der Waals surface area contributed by atoms with Gasteiger partial charge in [0, 0.05) is 23.1 Å². The van der Waals surface area contributed by atoms with Crippen molar-refractivity contribution >= 4 is 15.9 Å². The summed E-state index contributed by atoms with van der Waals surface area (Å²) in [7, 11) is 1.69. The third-order valence-electron chi connectivity index (χ3n) is 4.31. The van der Waals surface area contributed by atoms with Crippen LogP contribution in [0.1, 0.15) is 44.7 Å². The van der Waals surface area contributed by atoms with Crippen LogP contribution >= 0.6 is 15.9 Å². The molecule has 0 spiro atoms. The Morgan fingerprint density at radius 1 is 1.38 bits per heavy atom. The molecule has 1 heterocycles. The standard InChI is InChI=1S/C16H26BrN3O/c1-11-5-4-6-12(2)20(11)19-16(10-18)14-9-13(21-3)7-8-15(14)17/h7-9,11-12,16,19H,4-6,10,18H2,1-3H3. The summed E-state index contributed by atoms with van der Waals surface area (Å²) in [6, 6.07) is 7.17. The van der Waals surface area contributed by atoms with Gasteiger partial charge in [-0.1, -0.05) is 22.4 Å². The summed E-state index contributed by atoms with van der Waals surface area (Å²) < 4.78 is 6.39. The second kappa shape index (κ2) is 7.58. The zero-order chi connectivity index (χ0) is 15.4. The van der Waals surface area contributed by atoms with Gasteiger partial charge in [-0.3, -0.25) is 0 Å². The van der Waals surface area contributed by atoms with Crippen molar-refractivity contribution < 1.29 is 4.74 Å². The summed E-state index contributed by atoms with van der Waals surface area (Å²) in [5, 5.41) is 2.37. The summed E-state index contributed by atoms with van der Waals surface area (Å²) in [6.45, 7) is 5.09. The number of nitrogens with one attached hydrogen (secondary N) is 1. The van der Waals surface area contributed by atoms with Gasteiger partial charge in [-0.25, -0.2) is 10.4 Å². The van der Waals surface area contributed by atoms with Crippen LogP contribution in [0, 0.1) is 0 Å². The van der Waals surface area contributed by atoms with E-state index in [9.17, 15) is 0 Å². The number of ether oxygens (including phenoxy) is 1. The minimum absolute atomic E-state index is 0.0810. The molecule has 3 atom stereocenters. The third-order valence-corrected chi connectivity index (χ3v) is 5.03. The van der Waals surface area contributed by atoms with E-state index in [1.807, 2.05) is 18.2 Å². The zero-order valence-corrected chi connectivity index (χ0v) is 14.7. The molecular formula is C16H26BrN3O. The van der Waals surface area contributed by atoms with E-state index < -0.39 is 0 Å².